The highest BCUT2D eigenvalue weighted by atomic mass is 16.5. The molecule has 0 saturated carbocycles. The summed E-state index contributed by atoms with van der Waals surface area (Å²) < 4.78 is 7.55. The molecule has 0 aliphatic carbocycles. The van der Waals surface area contributed by atoms with Crippen molar-refractivity contribution in [3.63, 3.8) is 0 Å². The van der Waals surface area contributed by atoms with Crippen molar-refractivity contribution >= 4 is 6.29 Å². The number of nitrogens with zero attached hydrogens (tertiary/aromatic N) is 2. The van der Waals surface area contributed by atoms with Gasteiger partial charge in [-0.25, -0.2) is 4.98 Å². The molecule has 0 spiro atoms. The Morgan fingerprint density at radius 3 is 3.14 bits per heavy atom. The number of carbonyl (C=O) groups is 1. The summed E-state index contributed by atoms with van der Waals surface area (Å²) in [7, 11) is 1.94. The van der Waals surface area contributed by atoms with Crippen LogP contribution in [0, 0.1) is 0 Å². The molecule has 0 bridgehead atoms. The fourth-order valence-corrected chi connectivity index (χ4v) is 1.83. The summed E-state index contributed by atoms with van der Waals surface area (Å²) in [6.45, 7) is 0. The molecule has 1 fully saturated rings. The minimum atomic E-state index is -0.245. The van der Waals surface area contributed by atoms with Gasteiger partial charge in [-0.15, -0.1) is 0 Å². The fraction of sp³-hybridized carbons (Fsp3) is 0.600. The van der Waals surface area contributed by atoms with E-state index in [1.807, 2.05) is 17.8 Å². The van der Waals surface area contributed by atoms with Crippen molar-refractivity contribution in [2.24, 2.45) is 7.05 Å². The Morgan fingerprint density at radius 1 is 1.64 bits per heavy atom. The third kappa shape index (κ3) is 1.70. The molecule has 14 heavy (non-hydrogen) atoms. The number of hydrogen-bond acceptors (Lipinski definition) is 3. The molecule has 1 saturated heterocycles. The zero-order chi connectivity index (χ0) is 9.97. The number of carbonyl (C=O) groups excluding carboxylic acids is 1. The largest absolute Gasteiger partial charge is 0.360 e. The van der Waals surface area contributed by atoms with E-state index < -0.39 is 0 Å². The van der Waals surface area contributed by atoms with Gasteiger partial charge in [0.05, 0.1) is 0 Å². The normalized spacial score (nSPS) is 27.5. The molecule has 0 amide bonds. The lowest BCUT2D eigenvalue weighted by molar-refractivity contribution is -0.127. The van der Waals surface area contributed by atoms with E-state index in [9.17, 15) is 4.79 Å². The van der Waals surface area contributed by atoms with Crippen molar-refractivity contribution in [1.82, 2.24) is 9.55 Å². The highest BCUT2D eigenvalue weighted by Crippen LogP contribution is 2.29. The Kier molecular flexibility index (Phi) is 2.63. The van der Waals surface area contributed by atoms with E-state index in [0.29, 0.717) is 0 Å². The van der Waals surface area contributed by atoms with Crippen LogP contribution in [0.3, 0.4) is 0 Å². The van der Waals surface area contributed by atoms with Crippen molar-refractivity contribution in [1.29, 1.82) is 0 Å². The van der Waals surface area contributed by atoms with Crippen molar-refractivity contribution in [3.8, 4) is 0 Å². The number of imidazole rings is 1. The predicted octanol–water partition coefficient (Wildman–Crippen LogP) is 1.23. The standard InChI is InChI=1S/C10H14N2O2/c1-12-6-5-11-10(12)9-4-2-3-8(7-13)14-9/h5-9H,2-4H2,1H3. The van der Waals surface area contributed by atoms with Crippen LogP contribution in [0.4, 0.5) is 0 Å². The third-order valence-corrected chi connectivity index (χ3v) is 2.59. The van der Waals surface area contributed by atoms with Crippen molar-refractivity contribution < 1.29 is 9.53 Å². The van der Waals surface area contributed by atoms with E-state index in [4.69, 9.17) is 4.74 Å². The summed E-state index contributed by atoms with van der Waals surface area (Å²) >= 11 is 0. The second kappa shape index (κ2) is 3.92. The minimum Gasteiger partial charge on any atom is -0.360 e. The Bertz CT molecular complexity index is 322. The molecule has 2 unspecified atom stereocenters. The SMILES string of the molecule is Cn1ccnc1C1CCCC(C=O)O1. The first kappa shape index (κ1) is 9.40. The van der Waals surface area contributed by atoms with E-state index in [-0.39, 0.29) is 12.2 Å². The lowest BCUT2D eigenvalue weighted by Gasteiger charge is -2.26. The van der Waals surface area contributed by atoms with Crippen LogP contribution in [-0.4, -0.2) is 21.9 Å². The molecular formula is C10H14N2O2. The Balaban J connectivity index is 2.11. The Morgan fingerprint density at radius 2 is 2.50 bits per heavy atom. The van der Waals surface area contributed by atoms with Crippen molar-refractivity contribution in [2.75, 3.05) is 0 Å². The molecule has 0 N–H and O–H groups in total. The highest BCUT2D eigenvalue weighted by molar-refractivity contribution is 5.56. The molecule has 1 aliphatic rings. The van der Waals surface area contributed by atoms with E-state index in [0.717, 1.165) is 31.4 Å². The lowest BCUT2D eigenvalue weighted by atomic mass is 10.0. The smallest absolute Gasteiger partial charge is 0.148 e. The second-order valence-corrected chi connectivity index (χ2v) is 3.63. The molecule has 1 aliphatic heterocycles. The summed E-state index contributed by atoms with van der Waals surface area (Å²) in [5.74, 6) is 0.913. The molecule has 2 atom stereocenters. The molecule has 0 aromatic carbocycles. The molecule has 4 heteroatoms. The maximum absolute atomic E-state index is 10.6. The highest BCUT2D eigenvalue weighted by Gasteiger charge is 2.25. The van der Waals surface area contributed by atoms with Crippen molar-refractivity contribution in [3.05, 3.63) is 18.2 Å². The number of aryl methyl sites for hydroxylation is 1. The first-order valence-corrected chi connectivity index (χ1v) is 4.89. The topological polar surface area (TPSA) is 44.1 Å². The first-order chi connectivity index (χ1) is 6.81. The van der Waals surface area contributed by atoms with Crippen LogP contribution in [0.1, 0.15) is 31.2 Å². The summed E-state index contributed by atoms with van der Waals surface area (Å²) in [5, 5.41) is 0. The molecular weight excluding hydrogens is 180 g/mol. The zero-order valence-corrected chi connectivity index (χ0v) is 8.22. The van der Waals surface area contributed by atoms with Crippen molar-refractivity contribution in [2.45, 2.75) is 31.5 Å². The van der Waals surface area contributed by atoms with Crippen LogP contribution >= 0.6 is 0 Å². The van der Waals surface area contributed by atoms with Gasteiger partial charge in [0, 0.05) is 19.4 Å². The number of aromatic nitrogens is 2. The van der Waals surface area contributed by atoms with Gasteiger partial charge >= 0.3 is 0 Å². The van der Waals surface area contributed by atoms with E-state index in [2.05, 4.69) is 4.98 Å². The van der Waals surface area contributed by atoms with Crippen LogP contribution in [0.5, 0.6) is 0 Å². The van der Waals surface area contributed by atoms with Gasteiger partial charge in [-0.05, 0) is 19.3 Å². The molecule has 2 heterocycles. The van der Waals surface area contributed by atoms with Crippen LogP contribution in [0.25, 0.3) is 0 Å². The average Bonchev–Trinajstić information content (AvgIpc) is 2.65. The molecule has 1 aromatic rings. The Labute approximate surface area is 82.9 Å². The van der Waals surface area contributed by atoms with Gasteiger partial charge in [0.2, 0.25) is 0 Å². The monoisotopic (exact) mass is 194 g/mol. The maximum atomic E-state index is 10.6. The minimum absolute atomic E-state index is 0.0149. The number of ether oxygens (including phenoxy) is 1. The van der Waals surface area contributed by atoms with E-state index in [1.54, 1.807) is 6.20 Å². The van der Waals surface area contributed by atoms with Gasteiger partial charge < -0.3 is 14.1 Å². The zero-order valence-electron chi connectivity index (χ0n) is 8.22. The van der Waals surface area contributed by atoms with E-state index >= 15 is 0 Å². The fourth-order valence-electron chi connectivity index (χ4n) is 1.83. The Hall–Kier alpha value is -1.16. The third-order valence-electron chi connectivity index (χ3n) is 2.59. The van der Waals surface area contributed by atoms with Gasteiger partial charge in [0.15, 0.2) is 0 Å². The summed E-state index contributed by atoms with van der Waals surface area (Å²) in [6, 6.07) is 0. The van der Waals surface area contributed by atoms with Gasteiger partial charge in [-0.2, -0.15) is 0 Å². The first-order valence-electron chi connectivity index (χ1n) is 4.89. The average molecular weight is 194 g/mol. The quantitative estimate of drug-likeness (QED) is 0.665. The van der Waals surface area contributed by atoms with Crippen LogP contribution in [0.2, 0.25) is 0 Å². The van der Waals surface area contributed by atoms with Gasteiger partial charge in [-0.1, -0.05) is 0 Å². The predicted molar refractivity (Wildman–Crippen MR) is 50.7 cm³/mol. The molecule has 0 radical (unpaired) electrons. The van der Waals surface area contributed by atoms with Crippen LogP contribution in [-0.2, 0) is 16.6 Å². The number of rotatable bonds is 2. The van der Waals surface area contributed by atoms with Gasteiger partial charge in [0.25, 0.3) is 0 Å². The lowest BCUT2D eigenvalue weighted by Crippen LogP contribution is -2.25. The van der Waals surface area contributed by atoms with Crippen LogP contribution < -0.4 is 0 Å². The summed E-state index contributed by atoms with van der Waals surface area (Å²) in [4.78, 5) is 14.8. The van der Waals surface area contributed by atoms with Crippen LogP contribution in [0.15, 0.2) is 12.4 Å². The van der Waals surface area contributed by atoms with Gasteiger partial charge in [0.1, 0.15) is 24.3 Å². The van der Waals surface area contributed by atoms with E-state index in [1.165, 1.54) is 0 Å². The summed E-state index contributed by atoms with van der Waals surface area (Å²) in [5.41, 5.74) is 0. The second-order valence-electron chi connectivity index (χ2n) is 3.63. The maximum Gasteiger partial charge on any atom is 0.148 e. The molecule has 76 valence electrons. The summed E-state index contributed by atoms with van der Waals surface area (Å²) in [6.07, 6.45) is 7.09. The number of hydrogen-bond donors (Lipinski definition) is 0. The van der Waals surface area contributed by atoms with Gasteiger partial charge in [-0.3, -0.25) is 0 Å². The number of aldehydes is 1. The molecule has 1 aromatic heterocycles. The molecule has 2 rings (SSSR count). The molecule has 4 nitrogen and oxygen atoms in total.